The van der Waals surface area contributed by atoms with Crippen molar-refractivity contribution in [3.63, 3.8) is 0 Å². The Bertz CT molecular complexity index is 244. The molecule has 17 heavy (non-hydrogen) atoms. The van der Waals surface area contributed by atoms with Crippen LogP contribution in [-0.4, -0.2) is 30.1 Å². The van der Waals surface area contributed by atoms with E-state index in [1.54, 1.807) is 0 Å². The lowest BCUT2D eigenvalue weighted by Crippen LogP contribution is -2.41. The fourth-order valence-electron chi connectivity index (χ4n) is 3.52. The normalized spacial score (nSPS) is 32.5. The molecule has 2 aliphatic rings. The fourth-order valence-corrected chi connectivity index (χ4v) is 3.52. The number of nitrogens with two attached hydrogens (primary N) is 1. The number of likely N-dealkylation sites (tertiary alicyclic amines) is 1. The molecule has 1 saturated heterocycles. The summed E-state index contributed by atoms with van der Waals surface area (Å²) in [5.41, 5.74) is 6.53. The Morgan fingerprint density at radius 2 is 1.88 bits per heavy atom. The molecule has 0 spiro atoms. The van der Waals surface area contributed by atoms with Crippen LogP contribution in [0.4, 0.5) is 0 Å². The highest BCUT2D eigenvalue weighted by Gasteiger charge is 2.35. The molecule has 2 nitrogen and oxygen atoms in total. The lowest BCUT2D eigenvalue weighted by Gasteiger charge is -2.34. The summed E-state index contributed by atoms with van der Waals surface area (Å²) >= 11 is 0. The summed E-state index contributed by atoms with van der Waals surface area (Å²) < 4.78 is 0. The zero-order valence-electron chi connectivity index (χ0n) is 11.9. The molecule has 100 valence electrons. The third kappa shape index (κ3) is 3.23. The summed E-state index contributed by atoms with van der Waals surface area (Å²) in [7, 11) is 0. The number of rotatable bonds is 3. The van der Waals surface area contributed by atoms with E-state index in [1.165, 1.54) is 45.2 Å². The molecule has 2 heteroatoms. The largest absolute Gasteiger partial charge is 0.327 e. The highest BCUT2D eigenvalue weighted by Crippen LogP contribution is 2.36. The summed E-state index contributed by atoms with van der Waals surface area (Å²) in [6.07, 6.45) is 8.43. The highest BCUT2D eigenvalue weighted by molar-refractivity contribution is 4.90. The standard InChI is InChI=1S/C15H30N2/c1-15(2,3)14(16)9-11-17-10-8-12-6-4-5-7-13(12)17/h12-14H,4-11,16H2,1-3H3. The van der Waals surface area contributed by atoms with Crippen LogP contribution in [0.3, 0.4) is 0 Å². The van der Waals surface area contributed by atoms with E-state index in [2.05, 4.69) is 25.7 Å². The maximum atomic E-state index is 6.27. The van der Waals surface area contributed by atoms with Gasteiger partial charge in [0.15, 0.2) is 0 Å². The molecule has 0 aromatic rings. The van der Waals surface area contributed by atoms with Gasteiger partial charge in [0.2, 0.25) is 0 Å². The molecule has 3 unspecified atom stereocenters. The van der Waals surface area contributed by atoms with Crippen molar-refractivity contribution < 1.29 is 0 Å². The molecule has 2 fully saturated rings. The van der Waals surface area contributed by atoms with Crippen molar-refractivity contribution in [2.24, 2.45) is 17.1 Å². The third-order valence-corrected chi connectivity index (χ3v) is 4.96. The molecule has 3 atom stereocenters. The van der Waals surface area contributed by atoms with Crippen LogP contribution in [0.2, 0.25) is 0 Å². The van der Waals surface area contributed by atoms with Crippen molar-refractivity contribution >= 4 is 0 Å². The van der Waals surface area contributed by atoms with Crippen LogP contribution in [0.1, 0.15) is 59.3 Å². The summed E-state index contributed by atoms with van der Waals surface area (Å²) in [6.45, 7) is 9.31. The van der Waals surface area contributed by atoms with E-state index in [9.17, 15) is 0 Å². The van der Waals surface area contributed by atoms with E-state index in [1.807, 2.05) is 0 Å². The molecule has 2 N–H and O–H groups in total. The van der Waals surface area contributed by atoms with Gasteiger partial charge in [-0.25, -0.2) is 0 Å². The van der Waals surface area contributed by atoms with Gasteiger partial charge < -0.3 is 10.6 Å². The van der Waals surface area contributed by atoms with Crippen molar-refractivity contribution in [3.05, 3.63) is 0 Å². The molecule has 2 rings (SSSR count). The Balaban J connectivity index is 1.80. The third-order valence-electron chi connectivity index (χ3n) is 4.96. The smallest absolute Gasteiger partial charge is 0.0124 e. The molecule has 1 saturated carbocycles. The van der Waals surface area contributed by atoms with Crippen LogP contribution in [0, 0.1) is 11.3 Å². The van der Waals surface area contributed by atoms with Gasteiger partial charge in [0.25, 0.3) is 0 Å². The van der Waals surface area contributed by atoms with Gasteiger partial charge >= 0.3 is 0 Å². The lowest BCUT2D eigenvalue weighted by atomic mass is 9.84. The zero-order chi connectivity index (χ0) is 12.5. The van der Waals surface area contributed by atoms with Gasteiger partial charge in [-0.3, -0.25) is 0 Å². The van der Waals surface area contributed by atoms with Crippen LogP contribution in [-0.2, 0) is 0 Å². The second-order valence-corrected chi connectivity index (χ2v) is 7.20. The highest BCUT2D eigenvalue weighted by atomic mass is 15.2. The second kappa shape index (κ2) is 5.27. The molecular weight excluding hydrogens is 208 g/mol. The Morgan fingerprint density at radius 1 is 1.18 bits per heavy atom. The Kier molecular flexibility index (Phi) is 4.14. The minimum absolute atomic E-state index is 0.256. The zero-order valence-corrected chi connectivity index (χ0v) is 11.9. The summed E-state index contributed by atoms with van der Waals surface area (Å²) in [5, 5.41) is 0. The molecule has 1 heterocycles. The van der Waals surface area contributed by atoms with Crippen LogP contribution in [0.15, 0.2) is 0 Å². The average Bonchev–Trinajstić information content (AvgIpc) is 2.68. The van der Waals surface area contributed by atoms with E-state index in [0.717, 1.165) is 18.4 Å². The van der Waals surface area contributed by atoms with E-state index in [-0.39, 0.29) is 5.41 Å². The average molecular weight is 238 g/mol. The first-order valence-electron chi connectivity index (χ1n) is 7.48. The van der Waals surface area contributed by atoms with Gasteiger partial charge in [0, 0.05) is 12.1 Å². The minimum Gasteiger partial charge on any atom is -0.327 e. The Hall–Kier alpha value is -0.0800. The topological polar surface area (TPSA) is 29.3 Å². The predicted molar refractivity (Wildman–Crippen MR) is 74.0 cm³/mol. The number of hydrogen-bond donors (Lipinski definition) is 1. The minimum atomic E-state index is 0.256. The van der Waals surface area contributed by atoms with Gasteiger partial charge in [-0.1, -0.05) is 33.6 Å². The van der Waals surface area contributed by atoms with Crippen LogP contribution in [0.25, 0.3) is 0 Å². The quantitative estimate of drug-likeness (QED) is 0.819. The van der Waals surface area contributed by atoms with E-state index in [0.29, 0.717) is 6.04 Å². The first-order chi connectivity index (χ1) is 7.98. The first kappa shape index (κ1) is 13.4. The van der Waals surface area contributed by atoms with Crippen molar-refractivity contribution in [3.8, 4) is 0 Å². The predicted octanol–water partition coefficient (Wildman–Crippen LogP) is 3.01. The van der Waals surface area contributed by atoms with Crippen LogP contribution < -0.4 is 5.73 Å². The van der Waals surface area contributed by atoms with Gasteiger partial charge in [0.1, 0.15) is 0 Å². The molecule has 1 aliphatic heterocycles. The summed E-state index contributed by atoms with van der Waals surface area (Å²) in [6, 6.07) is 1.24. The summed E-state index contributed by atoms with van der Waals surface area (Å²) in [4.78, 5) is 2.73. The number of hydrogen-bond acceptors (Lipinski definition) is 2. The van der Waals surface area contributed by atoms with Gasteiger partial charge in [-0.2, -0.15) is 0 Å². The maximum absolute atomic E-state index is 6.27. The maximum Gasteiger partial charge on any atom is 0.0124 e. The molecule has 0 aromatic heterocycles. The van der Waals surface area contributed by atoms with Crippen molar-refractivity contribution in [1.82, 2.24) is 4.90 Å². The number of nitrogens with zero attached hydrogens (tertiary/aromatic N) is 1. The molecule has 0 amide bonds. The van der Waals surface area contributed by atoms with Gasteiger partial charge in [-0.15, -0.1) is 0 Å². The molecule has 0 aromatic carbocycles. The Morgan fingerprint density at radius 3 is 2.59 bits per heavy atom. The molecular formula is C15H30N2. The molecule has 0 bridgehead atoms. The molecule has 1 aliphatic carbocycles. The van der Waals surface area contributed by atoms with E-state index >= 15 is 0 Å². The van der Waals surface area contributed by atoms with Crippen LogP contribution >= 0.6 is 0 Å². The monoisotopic (exact) mass is 238 g/mol. The van der Waals surface area contributed by atoms with Gasteiger partial charge in [-0.05, 0) is 50.1 Å². The SMILES string of the molecule is CC(C)(C)C(N)CCN1CCC2CCCCC21. The fraction of sp³-hybridized carbons (Fsp3) is 1.00. The van der Waals surface area contributed by atoms with E-state index < -0.39 is 0 Å². The summed E-state index contributed by atoms with van der Waals surface area (Å²) in [5.74, 6) is 1.01. The lowest BCUT2D eigenvalue weighted by molar-refractivity contribution is 0.166. The van der Waals surface area contributed by atoms with Crippen molar-refractivity contribution in [2.75, 3.05) is 13.1 Å². The van der Waals surface area contributed by atoms with Crippen molar-refractivity contribution in [1.29, 1.82) is 0 Å². The molecule has 0 radical (unpaired) electrons. The first-order valence-corrected chi connectivity index (χ1v) is 7.48. The van der Waals surface area contributed by atoms with Gasteiger partial charge in [0.05, 0.1) is 0 Å². The van der Waals surface area contributed by atoms with Crippen LogP contribution in [0.5, 0.6) is 0 Å². The number of fused-ring (bicyclic) bond motifs is 1. The van der Waals surface area contributed by atoms with Crippen molar-refractivity contribution in [2.45, 2.75) is 71.4 Å². The second-order valence-electron chi connectivity index (χ2n) is 7.20. The Labute approximate surface area is 107 Å². The van der Waals surface area contributed by atoms with E-state index in [4.69, 9.17) is 5.73 Å².